The van der Waals surface area contributed by atoms with E-state index in [2.05, 4.69) is 11.8 Å². The molecule has 2 aliphatic heterocycles. The molecule has 2 bridgehead atoms. The number of fused-ring (bicyclic) bond motifs is 2. The van der Waals surface area contributed by atoms with E-state index < -0.39 is 5.60 Å². The fourth-order valence-corrected chi connectivity index (χ4v) is 5.45. The van der Waals surface area contributed by atoms with Crippen molar-refractivity contribution < 1.29 is 9.50 Å². The Morgan fingerprint density at radius 1 is 1.32 bits per heavy atom. The van der Waals surface area contributed by atoms with E-state index in [0.717, 1.165) is 18.4 Å². The molecule has 2 fully saturated rings. The molecule has 0 spiro atoms. The number of thioether (sulfide) groups is 1. The molecule has 19 heavy (non-hydrogen) atoms. The highest BCUT2D eigenvalue weighted by Gasteiger charge is 2.41. The van der Waals surface area contributed by atoms with Crippen LogP contribution < -0.4 is 0 Å². The number of hydrogen-bond acceptors (Lipinski definition) is 2. The first-order valence-electron chi connectivity index (χ1n) is 7.17. The number of rotatable bonds is 2. The zero-order valence-electron chi connectivity index (χ0n) is 11.4. The van der Waals surface area contributed by atoms with Gasteiger partial charge in [0.15, 0.2) is 0 Å². The second-order valence-electron chi connectivity index (χ2n) is 6.20. The quantitative estimate of drug-likeness (QED) is 0.888. The first kappa shape index (κ1) is 13.4. The van der Waals surface area contributed by atoms with Crippen LogP contribution in [0.4, 0.5) is 4.39 Å². The van der Waals surface area contributed by atoms with Gasteiger partial charge in [-0.15, -0.1) is 0 Å². The van der Waals surface area contributed by atoms with E-state index >= 15 is 0 Å². The smallest absolute Gasteiger partial charge is 0.126 e. The van der Waals surface area contributed by atoms with E-state index in [0.29, 0.717) is 22.5 Å². The van der Waals surface area contributed by atoms with Gasteiger partial charge in [0, 0.05) is 16.9 Å². The average Bonchev–Trinajstić information content (AvgIpc) is 2.33. The van der Waals surface area contributed by atoms with Gasteiger partial charge in [-0.25, -0.2) is 4.39 Å². The van der Waals surface area contributed by atoms with E-state index in [9.17, 15) is 9.50 Å². The van der Waals surface area contributed by atoms with Crippen molar-refractivity contribution >= 4 is 11.8 Å². The van der Waals surface area contributed by atoms with Crippen molar-refractivity contribution in [2.45, 2.75) is 61.5 Å². The summed E-state index contributed by atoms with van der Waals surface area (Å²) in [5.74, 6) is -0.161. The molecule has 1 nitrogen and oxygen atoms in total. The van der Waals surface area contributed by atoms with Crippen molar-refractivity contribution in [2.24, 2.45) is 0 Å². The number of halogens is 1. The Bertz CT molecular complexity index is 462. The summed E-state index contributed by atoms with van der Waals surface area (Å²) in [5, 5.41) is 12.1. The van der Waals surface area contributed by atoms with Gasteiger partial charge in [-0.3, -0.25) is 0 Å². The summed E-state index contributed by atoms with van der Waals surface area (Å²) in [6, 6.07) is 5.35. The van der Waals surface area contributed by atoms with Crippen LogP contribution in [-0.2, 0) is 6.42 Å². The molecule has 0 aromatic heterocycles. The summed E-state index contributed by atoms with van der Waals surface area (Å²) < 4.78 is 13.6. The van der Waals surface area contributed by atoms with Crippen molar-refractivity contribution in [3.05, 3.63) is 35.1 Å². The molecule has 0 aliphatic carbocycles. The summed E-state index contributed by atoms with van der Waals surface area (Å²) in [5.41, 5.74) is 0.977. The minimum atomic E-state index is -0.622. The molecule has 2 saturated heterocycles. The van der Waals surface area contributed by atoms with Crippen LogP contribution in [0.1, 0.15) is 43.2 Å². The van der Waals surface area contributed by atoms with Crippen LogP contribution >= 0.6 is 11.8 Å². The number of hydrogen-bond donors (Lipinski definition) is 1. The molecular formula is C16H21FOS. The van der Waals surface area contributed by atoms with Crippen LogP contribution in [0.3, 0.4) is 0 Å². The SMILES string of the molecule is Cc1ccc(CC2(O)CC3CCCC(C2)S3)cc1F. The molecule has 1 aromatic carbocycles. The number of benzene rings is 1. The van der Waals surface area contributed by atoms with Crippen LogP contribution in [0.15, 0.2) is 18.2 Å². The Balaban J connectivity index is 1.75. The minimum Gasteiger partial charge on any atom is -0.389 e. The molecular weight excluding hydrogens is 259 g/mol. The third kappa shape index (κ3) is 2.97. The van der Waals surface area contributed by atoms with Gasteiger partial charge in [-0.2, -0.15) is 11.8 Å². The maximum absolute atomic E-state index is 13.6. The molecule has 0 saturated carbocycles. The van der Waals surface area contributed by atoms with Crippen LogP contribution in [-0.4, -0.2) is 21.2 Å². The van der Waals surface area contributed by atoms with Crippen molar-refractivity contribution in [3.63, 3.8) is 0 Å². The Morgan fingerprint density at radius 2 is 2.00 bits per heavy atom. The van der Waals surface area contributed by atoms with Crippen LogP contribution in [0, 0.1) is 12.7 Å². The zero-order valence-corrected chi connectivity index (χ0v) is 12.2. The maximum atomic E-state index is 13.6. The lowest BCUT2D eigenvalue weighted by molar-refractivity contribution is 0.0129. The highest BCUT2D eigenvalue weighted by atomic mass is 32.2. The van der Waals surface area contributed by atoms with E-state index in [4.69, 9.17) is 0 Å². The summed E-state index contributed by atoms with van der Waals surface area (Å²) in [6.07, 6.45) is 6.08. The van der Waals surface area contributed by atoms with Gasteiger partial charge in [0.1, 0.15) is 5.82 Å². The van der Waals surface area contributed by atoms with Gasteiger partial charge in [-0.1, -0.05) is 18.6 Å². The van der Waals surface area contributed by atoms with Gasteiger partial charge in [0.05, 0.1) is 5.60 Å². The fourth-order valence-electron chi connectivity index (χ4n) is 3.48. The lowest BCUT2D eigenvalue weighted by Gasteiger charge is -2.44. The fraction of sp³-hybridized carbons (Fsp3) is 0.625. The average molecular weight is 280 g/mol. The third-order valence-corrected chi connectivity index (χ3v) is 6.00. The first-order valence-corrected chi connectivity index (χ1v) is 8.11. The summed E-state index contributed by atoms with van der Waals surface area (Å²) in [4.78, 5) is 0. The number of aliphatic hydroxyl groups is 1. The normalized spacial score (nSPS) is 34.3. The predicted octanol–water partition coefficient (Wildman–Crippen LogP) is 3.86. The van der Waals surface area contributed by atoms with E-state index in [1.807, 2.05) is 12.1 Å². The zero-order chi connectivity index (χ0) is 13.5. The molecule has 2 atom stereocenters. The topological polar surface area (TPSA) is 20.2 Å². The maximum Gasteiger partial charge on any atom is 0.126 e. The van der Waals surface area contributed by atoms with Crippen molar-refractivity contribution in [1.29, 1.82) is 0 Å². The molecule has 0 amide bonds. The minimum absolute atomic E-state index is 0.161. The first-order chi connectivity index (χ1) is 9.04. The molecule has 1 aromatic rings. The lowest BCUT2D eigenvalue weighted by atomic mass is 9.81. The second-order valence-corrected chi connectivity index (χ2v) is 7.81. The summed E-state index contributed by atoms with van der Waals surface area (Å²) in [6.45, 7) is 1.77. The van der Waals surface area contributed by atoms with E-state index in [-0.39, 0.29) is 5.82 Å². The molecule has 1 N–H and O–H groups in total. The van der Waals surface area contributed by atoms with Gasteiger partial charge >= 0.3 is 0 Å². The predicted molar refractivity (Wildman–Crippen MR) is 78.0 cm³/mol. The van der Waals surface area contributed by atoms with Gasteiger partial charge in [-0.05, 0) is 49.8 Å². The molecule has 2 heterocycles. The Morgan fingerprint density at radius 3 is 2.63 bits per heavy atom. The van der Waals surface area contributed by atoms with E-state index in [1.165, 1.54) is 19.3 Å². The third-order valence-electron chi connectivity index (χ3n) is 4.42. The molecule has 2 aliphatic rings. The Labute approximate surface area is 118 Å². The molecule has 3 rings (SSSR count). The molecule has 0 radical (unpaired) electrons. The van der Waals surface area contributed by atoms with Gasteiger partial charge < -0.3 is 5.11 Å². The summed E-state index contributed by atoms with van der Waals surface area (Å²) >= 11 is 2.06. The van der Waals surface area contributed by atoms with Gasteiger partial charge in [0.25, 0.3) is 0 Å². The van der Waals surface area contributed by atoms with Crippen molar-refractivity contribution in [2.75, 3.05) is 0 Å². The Hall–Kier alpha value is -0.540. The Kier molecular flexibility index (Phi) is 3.61. The molecule has 2 unspecified atom stereocenters. The standard InChI is InChI=1S/C16H21FOS/c1-11-5-6-12(7-15(11)17)8-16(18)9-13-3-2-4-14(10-16)19-13/h5-7,13-14,18H,2-4,8-10H2,1H3. The van der Waals surface area contributed by atoms with Gasteiger partial charge in [0.2, 0.25) is 0 Å². The van der Waals surface area contributed by atoms with E-state index in [1.54, 1.807) is 13.0 Å². The largest absolute Gasteiger partial charge is 0.389 e. The lowest BCUT2D eigenvalue weighted by Crippen LogP contribution is -2.44. The van der Waals surface area contributed by atoms with Crippen LogP contribution in [0.25, 0.3) is 0 Å². The number of aryl methyl sites for hydroxylation is 1. The summed E-state index contributed by atoms with van der Waals surface area (Å²) in [7, 11) is 0. The molecule has 3 heteroatoms. The van der Waals surface area contributed by atoms with Crippen molar-refractivity contribution in [1.82, 2.24) is 0 Å². The molecule has 104 valence electrons. The second kappa shape index (κ2) is 5.10. The highest BCUT2D eigenvalue weighted by Crippen LogP contribution is 2.46. The van der Waals surface area contributed by atoms with Crippen LogP contribution in [0.5, 0.6) is 0 Å². The highest BCUT2D eigenvalue weighted by molar-refractivity contribution is 8.00. The monoisotopic (exact) mass is 280 g/mol. The van der Waals surface area contributed by atoms with Crippen molar-refractivity contribution in [3.8, 4) is 0 Å². The van der Waals surface area contributed by atoms with Crippen LogP contribution in [0.2, 0.25) is 0 Å².